The summed E-state index contributed by atoms with van der Waals surface area (Å²) in [6, 6.07) is 0. The Morgan fingerprint density at radius 1 is 0.714 bits per heavy atom. The van der Waals surface area contributed by atoms with E-state index in [2.05, 4.69) is 20.4 Å². The summed E-state index contributed by atoms with van der Waals surface area (Å²) in [5, 5.41) is 0. The van der Waals surface area contributed by atoms with Crippen molar-refractivity contribution in [2.75, 3.05) is 6.61 Å². The van der Waals surface area contributed by atoms with Crippen molar-refractivity contribution in [1.82, 2.24) is 0 Å². The van der Waals surface area contributed by atoms with Crippen LogP contribution in [0, 0.1) is 5.92 Å². The fourth-order valence-corrected chi connectivity index (χ4v) is 3.70. The van der Waals surface area contributed by atoms with Gasteiger partial charge in [-0.25, -0.2) is 4.79 Å². The van der Waals surface area contributed by atoms with Gasteiger partial charge < -0.3 is 4.74 Å². The normalized spacial score (nSPS) is 12.1. The standard InChI is InChI=1S/C26H50O2/c1-5-7-8-9-10-11-12-13-14-15-16-17-18-19-20-21-22-25(6-2)23-28-26(27)24(3)4/h25H,3,5-23H2,1-2,4H3. The smallest absolute Gasteiger partial charge is 0.333 e. The molecule has 0 saturated carbocycles. The Balaban J connectivity index is 3.30. The molecule has 2 heteroatoms. The lowest BCUT2D eigenvalue weighted by Gasteiger charge is -2.15. The van der Waals surface area contributed by atoms with Gasteiger partial charge in [-0.2, -0.15) is 0 Å². The fraction of sp³-hybridized carbons (Fsp3) is 0.885. The molecule has 0 N–H and O–H groups in total. The average Bonchev–Trinajstić information content (AvgIpc) is 2.69. The number of unbranched alkanes of at least 4 members (excludes halogenated alkanes) is 15. The van der Waals surface area contributed by atoms with Gasteiger partial charge in [-0.05, 0) is 19.3 Å². The van der Waals surface area contributed by atoms with Crippen molar-refractivity contribution in [3.05, 3.63) is 12.2 Å². The van der Waals surface area contributed by atoms with Crippen LogP contribution in [0.25, 0.3) is 0 Å². The van der Waals surface area contributed by atoms with Crippen LogP contribution >= 0.6 is 0 Å². The number of esters is 1. The minimum absolute atomic E-state index is 0.245. The van der Waals surface area contributed by atoms with E-state index in [9.17, 15) is 4.79 Å². The van der Waals surface area contributed by atoms with Gasteiger partial charge in [0.15, 0.2) is 0 Å². The van der Waals surface area contributed by atoms with Crippen LogP contribution in [0.2, 0.25) is 0 Å². The fourth-order valence-electron chi connectivity index (χ4n) is 3.70. The van der Waals surface area contributed by atoms with E-state index in [4.69, 9.17) is 4.74 Å². The summed E-state index contributed by atoms with van der Waals surface area (Å²) in [5.74, 6) is 0.264. The Hall–Kier alpha value is -0.790. The highest BCUT2D eigenvalue weighted by Crippen LogP contribution is 2.17. The second-order valence-electron chi connectivity index (χ2n) is 8.75. The summed E-state index contributed by atoms with van der Waals surface area (Å²) in [6.07, 6.45) is 24.8. The molecule has 0 aliphatic rings. The molecule has 0 fully saturated rings. The molecule has 0 aromatic rings. The molecule has 0 amide bonds. The second-order valence-corrected chi connectivity index (χ2v) is 8.75. The molecule has 166 valence electrons. The van der Waals surface area contributed by atoms with E-state index in [0.717, 1.165) is 6.42 Å². The summed E-state index contributed by atoms with van der Waals surface area (Å²) in [6.45, 7) is 10.4. The maximum absolute atomic E-state index is 11.5. The molecule has 2 nitrogen and oxygen atoms in total. The Labute approximate surface area is 176 Å². The quantitative estimate of drug-likeness (QED) is 0.110. The van der Waals surface area contributed by atoms with Gasteiger partial charge >= 0.3 is 5.97 Å². The van der Waals surface area contributed by atoms with Gasteiger partial charge in [0.1, 0.15) is 0 Å². The zero-order chi connectivity index (χ0) is 20.9. The lowest BCUT2D eigenvalue weighted by atomic mass is 9.98. The van der Waals surface area contributed by atoms with Gasteiger partial charge in [-0.3, -0.25) is 0 Å². The Morgan fingerprint density at radius 2 is 1.11 bits per heavy atom. The lowest BCUT2D eigenvalue weighted by molar-refractivity contribution is -0.140. The summed E-state index contributed by atoms with van der Waals surface area (Å²) in [4.78, 5) is 11.5. The molecule has 0 aromatic carbocycles. The first kappa shape index (κ1) is 27.2. The molecule has 0 radical (unpaired) electrons. The Kier molecular flexibility index (Phi) is 20.3. The van der Waals surface area contributed by atoms with Crippen molar-refractivity contribution in [3.8, 4) is 0 Å². The highest BCUT2D eigenvalue weighted by atomic mass is 16.5. The monoisotopic (exact) mass is 394 g/mol. The molecule has 0 aromatic heterocycles. The highest BCUT2D eigenvalue weighted by Gasteiger charge is 2.10. The second kappa shape index (κ2) is 20.9. The largest absolute Gasteiger partial charge is 0.462 e. The maximum atomic E-state index is 11.5. The topological polar surface area (TPSA) is 26.3 Å². The van der Waals surface area contributed by atoms with Crippen molar-refractivity contribution in [3.63, 3.8) is 0 Å². The van der Waals surface area contributed by atoms with Crippen LogP contribution < -0.4 is 0 Å². The number of rotatable bonds is 21. The molecule has 0 rings (SSSR count). The number of hydrogen-bond donors (Lipinski definition) is 0. The van der Waals surface area contributed by atoms with Gasteiger partial charge in [0.25, 0.3) is 0 Å². The van der Waals surface area contributed by atoms with E-state index >= 15 is 0 Å². The molecule has 0 aliphatic heterocycles. The van der Waals surface area contributed by atoms with E-state index in [1.54, 1.807) is 6.92 Å². The molecule has 0 spiro atoms. The first-order valence-corrected chi connectivity index (χ1v) is 12.4. The minimum atomic E-state index is -0.245. The van der Waals surface area contributed by atoms with E-state index in [1.165, 1.54) is 109 Å². The molecular weight excluding hydrogens is 344 g/mol. The van der Waals surface area contributed by atoms with Gasteiger partial charge in [0.2, 0.25) is 0 Å². The van der Waals surface area contributed by atoms with Crippen molar-refractivity contribution in [1.29, 1.82) is 0 Å². The van der Waals surface area contributed by atoms with E-state index < -0.39 is 0 Å². The van der Waals surface area contributed by atoms with Crippen molar-refractivity contribution >= 4 is 5.97 Å². The van der Waals surface area contributed by atoms with Crippen LogP contribution in [-0.2, 0) is 9.53 Å². The number of ether oxygens (including phenoxy) is 1. The first-order chi connectivity index (χ1) is 13.6. The van der Waals surface area contributed by atoms with Crippen LogP contribution in [0.3, 0.4) is 0 Å². The Bertz CT molecular complexity index is 361. The number of hydrogen-bond acceptors (Lipinski definition) is 2. The summed E-state index contributed by atoms with van der Waals surface area (Å²) in [7, 11) is 0. The van der Waals surface area contributed by atoms with Crippen molar-refractivity contribution < 1.29 is 9.53 Å². The van der Waals surface area contributed by atoms with E-state index in [1.807, 2.05) is 0 Å². The predicted octanol–water partition coefficient (Wildman–Crippen LogP) is 8.78. The zero-order valence-electron chi connectivity index (χ0n) is 19.5. The van der Waals surface area contributed by atoms with Gasteiger partial charge in [0.05, 0.1) is 6.61 Å². The van der Waals surface area contributed by atoms with Crippen LogP contribution in [0.5, 0.6) is 0 Å². The number of carbonyl (C=O) groups is 1. The van der Waals surface area contributed by atoms with Gasteiger partial charge in [-0.1, -0.05) is 130 Å². The van der Waals surface area contributed by atoms with Crippen molar-refractivity contribution in [2.45, 2.75) is 136 Å². The number of carbonyl (C=O) groups excluding carboxylic acids is 1. The molecule has 28 heavy (non-hydrogen) atoms. The van der Waals surface area contributed by atoms with Crippen LogP contribution in [0.1, 0.15) is 136 Å². The van der Waals surface area contributed by atoms with Gasteiger partial charge in [0, 0.05) is 5.57 Å². The molecule has 1 atom stereocenters. The third-order valence-corrected chi connectivity index (χ3v) is 5.84. The first-order valence-electron chi connectivity index (χ1n) is 12.4. The highest BCUT2D eigenvalue weighted by molar-refractivity contribution is 5.86. The zero-order valence-corrected chi connectivity index (χ0v) is 19.5. The summed E-state index contributed by atoms with van der Waals surface area (Å²) >= 11 is 0. The SMILES string of the molecule is C=C(C)C(=O)OCC(CC)CCCCCCCCCCCCCCCCCC. The molecule has 0 bridgehead atoms. The van der Waals surface area contributed by atoms with Crippen LogP contribution in [0.15, 0.2) is 12.2 Å². The molecule has 1 unspecified atom stereocenters. The van der Waals surface area contributed by atoms with Crippen LogP contribution in [0.4, 0.5) is 0 Å². The van der Waals surface area contributed by atoms with Crippen LogP contribution in [-0.4, -0.2) is 12.6 Å². The maximum Gasteiger partial charge on any atom is 0.333 e. The molecule has 0 heterocycles. The third kappa shape index (κ3) is 18.6. The average molecular weight is 395 g/mol. The van der Waals surface area contributed by atoms with E-state index in [0.29, 0.717) is 18.1 Å². The van der Waals surface area contributed by atoms with Gasteiger partial charge in [-0.15, -0.1) is 0 Å². The lowest BCUT2D eigenvalue weighted by Crippen LogP contribution is -2.14. The Morgan fingerprint density at radius 3 is 1.46 bits per heavy atom. The molecule has 0 saturated heterocycles. The molecular formula is C26H50O2. The predicted molar refractivity (Wildman–Crippen MR) is 124 cm³/mol. The van der Waals surface area contributed by atoms with E-state index in [-0.39, 0.29) is 5.97 Å². The third-order valence-electron chi connectivity index (χ3n) is 5.84. The molecule has 0 aliphatic carbocycles. The summed E-state index contributed by atoms with van der Waals surface area (Å²) in [5.41, 5.74) is 0.497. The summed E-state index contributed by atoms with van der Waals surface area (Å²) < 4.78 is 5.30. The minimum Gasteiger partial charge on any atom is -0.462 e. The van der Waals surface area contributed by atoms with Crippen molar-refractivity contribution in [2.24, 2.45) is 5.92 Å².